The smallest absolute Gasteiger partial charge is 0.120 e. The zero-order valence-electron chi connectivity index (χ0n) is 17.8. The van der Waals surface area contributed by atoms with Crippen molar-refractivity contribution in [2.24, 2.45) is 0 Å². The van der Waals surface area contributed by atoms with Gasteiger partial charge in [0.05, 0.1) is 0 Å². The molecule has 0 aliphatic carbocycles. The van der Waals surface area contributed by atoms with Crippen LogP contribution < -0.4 is 0 Å². The number of hydrogen-bond acceptors (Lipinski definition) is 4. The molecule has 0 radical (unpaired) electrons. The fraction of sp³-hybridized carbons (Fsp3) is 0.739. The van der Waals surface area contributed by atoms with Gasteiger partial charge in [0.15, 0.2) is 0 Å². The third kappa shape index (κ3) is 10.8. The van der Waals surface area contributed by atoms with Gasteiger partial charge in [-0.15, -0.1) is 0 Å². The van der Waals surface area contributed by atoms with Gasteiger partial charge in [0.1, 0.15) is 12.5 Å². The van der Waals surface area contributed by atoms with Crippen molar-refractivity contribution in [1.82, 2.24) is 10.0 Å². The molecule has 0 bridgehead atoms. The Labute approximate surface area is 167 Å². The van der Waals surface area contributed by atoms with Crippen LogP contribution in [0.4, 0.5) is 0 Å². The van der Waals surface area contributed by atoms with E-state index >= 15 is 0 Å². The van der Waals surface area contributed by atoms with Gasteiger partial charge in [0, 0.05) is 13.1 Å². The number of nitrogens with zero attached hydrogens (tertiary/aromatic N) is 2. The van der Waals surface area contributed by atoms with E-state index in [-0.39, 0.29) is 0 Å². The van der Waals surface area contributed by atoms with E-state index in [1.54, 1.807) is 18.9 Å². The number of unbranched alkanes of at least 4 members (excludes halogenated alkanes) is 9. The van der Waals surface area contributed by atoms with Crippen molar-refractivity contribution in [1.29, 1.82) is 0 Å². The van der Waals surface area contributed by atoms with Crippen molar-refractivity contribution in [2.75, 3.05) is 6.54 Å². The molecule has 0 saturated carbocycles. The summed E-state index contributed by atoms with van der Waals surface area (Å²) in [6, 6.07) is 10.3. The Morgan fingerprint density at radius 1 is 0.741 bits per heavy atom. The highest BCUT2D eigenvalue weighted by Gasteiger charge is 2.23. The average Bonchev–Trinajstić information content (AvgIpc) is 2.63. The maximum atomic E-state index is 10.1. The van der Waals surface area contributed by atoms with Crippen LogP contribution in [0.15, 0.2) is 30.3 Å². The highest BCUT2D eigenvalue weighted by Crippen LogP contribution is 2.15. The minimum absolute atomic E-state index is 0.702. The summed E-state index contributed by atoms with van der Waals surface area (Å²) in [5.74, 6) is 0. The molecule has 0 aromatic heterocycles. The van der Waals surface area contributed by atoms with Crippen LogP contribution in [-0.2, 0) is 6.54 Å². The normalized spacial score (nSPS) is 14.0. The Hall–Kier alpha value is -0.940. The highest BCUT2D eigenvalue weighted by atomic mass is 16.3. The van der Waals surface area contributed by atoms with Crippen LogP contribution in [-0.4, -0.2) is 39.2 Å². The molecule has 4 nitrogen and oxygen atoms in total. The van der Waals surface area contributed by atoms with Crippen molar-refractivity contribution >= 4 is 0 Å². The van der Waals surface area contributed by atoms with Crippen molar-refractivity contribution < 1.29 is 10.2 Å². The van der Waals surface area contributed by atoms with Crippen molar-refractivity contribution in [3.63, 3.8) is 0 Å². The lowest BCUT2D eigenvalue weighted by atomic mass is 10.1. The summed E-state index contributed by atoms with van der Waals surface area (Å²) in [5.41, 5.74) is 1.19. The molecule has 4 heteroatoms. The summed E-state index contributed by atoms with van der Waals surface area (Å²) in [7, 11) is 0. The molecular weight excluding hydrogens is 336 g/mol. The van der Waals surface area contributed by atoms with Crippen molar-refractivity contribution in [2.45, 2.75) is 104 Å². The molecule has 0 fully saturated rings. The van der Waals surface area contributed by atoms with Gasteiger partial charge < -0.3 is 10.2 Å². The zero-order valence-corrected chi connectivity index (χ0v) is 17.8. The number of hydrazine groups is 1. The molecule has 0 saturated heterocycles. The first-order chi connectivity index (χ1) is 13.1. The lowest BCUT2D eigenvalue weighted by molar-refractivity contribution is -0.210. The van der Waals surface area contributed by atoms with Gasteiger partial charge in [-0.25, -0.2) is 5.01 Å². The molecule has 27 heavy (non-hydrogen) atoms. The van der Waals surface area contributed by atoms with E-state index in [0.29, 0.717) is 6.54 Å². The summed E-state index contributed by atoms with van der Waals surface area (Å²) in [6.45, 7) is 7.24. The van der Waals surface area contributed by atoms with Gasteiger partial charge in [-0.2, -0.15) is 5.01 Å². The summed E-state index contributed by atoms with van der Waals surface area (Å²) >= 11 is 0. The lowest BCUT2D eigenvalue weighted by Crippen LogP contribution is -2.52. The Morgan fingerprint density at radius 3 is 1.70 bits per heavy atom. The molecule has 0 aliphatic rings. The predicted molar refractivity (Wildman–Crippen MR) is 114 cm³/mol. The second-order valence-electron chi connectivity index (χ2n) is 7.70. The maximum Gasteiger partial charge on any atom is 0.120 e. The molecule has 1 aromatic carbocycles. The predicted octanol–water partition coefficient (Wildman–Crippen LogP) is 5.30. The molecule has 2 atom stereocenters. The first-order valence-corrected chi connectivity index (χ1v) is 11.0. The summed E-state index contributed by atoms with van der Waals surface area (Å²) in [4.78, 5) is 0. The largest absolute Gasteiger partial charge is 0.377 e. The molecule has 0 spiro atoms. The van der Waals surface area contributed by atoms with E-state index < -0.39 is 12.5 Å². The van der Waals surface area contributed by atoms with Crippen LogP contribution >= 0.6 is 0 Å². The Morgan fingerprint density at radius 2 is 1.22 bits per heavy atom. The fourth-order valence-electron chi connectivity index (χ4n) is 3.64. The first kappa shape index (κ1) is 24.1. The minimum Gasteiger partial charge on any atom is -0.377 e. The Kier molecular flexibility index (Phi) is 13.4. The van der Waals surface area contributed by atoms with Crippen LogP contribution in [0.3, 0.4) is 0 Å². The van der Waals surface area contributed by atoms with Crippen LogP contribution in [0.25, 0.3) is 0 Å². The van der Waals surface area contributed by atoms with Crippen LogP contribution in [0.2, 0.25) is 0 Å². The van der Waals surface area contributed by atoms with Gasteiger partial charge in [-0.05, 0) is 25.8 Å². The molecular formula is C23H42N2O2. The van der Waals surface area contributed by atoms with E-state index in [9.17, 15) is 10.2 Å². The quantitative estimate of drug-likeness (QED) is 0.233. The van der Waals surface area contributed by atoms with E-state index in [2.05, 4.69) is 24.1 Å². The monoisotopic (exact) mass is 378 g/mol. The van der Waals surface area contributed by atoms with E-state index in [0.717, 1.165) is 13.0 Å². The maximum absolute atomic E-state index is 10.1. The van der Waals surface area contributed by atoms with E-state index in [1.807, 2.05) is 18.2 Å². The number of rotatable bonds is 16. The van der Waals surface area contributed by atoms with E-state index in [1.165, 1.54) is 63.4 Å². The van der Waals surface area contributed by atoms with Gasteiger partial charge >= 0.3 is 0 Å². The molecule has 0 amide bonds. The van der Waals surface area contributed by atoms with Crippen LogP contribution in [0, 0.1) is 0 Å². The molecule has 0 heterocycles. The molecule has 1 rings (SSSR count). The third-order valence-electron chi connectivity index (χ3n) is 5.07. The summed E-state index contributed by atoms with van der Waals surface area (Å²) in [5, 5.41) is 24.0. The Balaban J connectivity index is 2.36. The lowest BCUT2D eigenvalue weighted by Gasteiger charge is -2.39. The number of aliphatic hydroxyl groups is 2. The molecule has 156 valence electrons. The van der Waals surface area contributed by atoms with Gasteiger partial charge in [0.25, 0.3) is 0 Å². The van der Waals surface area contributed by atoms with Gasteiger partial charge in [-0.1, -0.05) is 95.0 Å². The molecule has 2 N–H and O–H groups in total. The second-order valence-corrected chi connectivity index (χ2v) is 7.70. The Bertz CT molecular complexity index is 443. The van der Waals surface area contributed by atoms with Gasteiger partial charge in [0.2, 0.25) is 0 Å². The van der Waals surface area contributed by atoms with Crippen molar-refractivity contribution in [3.8, 4) is 0 Å². The SMILES string of the molecule is CCCCCCCCCCCCN(Cc1ccccc1)N(C(C)O)C(C)O. The number of hydrogen-bond donors (Lipinski definition) is 2. The van der Waals surface area contributed by atoms with Gasteiger partial charge in [-0.3, -0.25) is 0 Å². The minimum atomic E-state index is -0.711. The second kappa shape index (κ2) is 15.0. The molecule has 0 aliphatic heterocycles. The topological polar surface area (TPSA) is 46.9 Å². The molecule has 2 unspecified atom stereocenters. The standard InChI is InChI=1S/C23H42N2O2/c1-4-5-6-7-8-9-10-11-12-16-19-24(25(21(2)26)22(3)27)20-23-17-14-13-15-18-23/h13-15,17-18,21-22,26-27H,4-12,16,19-20H2,1-3H3. The van der Waals surface area contributed by atoms with Crippen molar-refractivity contribution in [3.05, 3.63) is 35.9 Å². The first-order valence-electron chi connectivity index (χ1n) is 11.0. The molecule has 1 aromatic rings. The zero-order chi connectivity index (χ0) is 19.9. The highest BCUT2D eigenvalue weighted by molar-refractivity contribution is 5.14. The fourth-order valence-corrected chi connectivity index (χ4v) is 3.64. The average molecular weight is 379 g/mol. The van der Waals surface area contributed by atoms with Crippen LogP contribution in [0.5, 0.6) is 0 Å². The summed E-state index contributed by atoms with van der Waals surface area (Å²) in [6.07, 6.45) is 11.6. The number of aliphatic hydroxyl groups excluding tert-OH is 2. The third-order valence-corrected chi connectivity index (χ3v) is 5.07. The number of benzene rings is 1. The van der Waals surface area contributed by atoms with E-state index in [4.69, 9.17) is 0 Å². The summed E-state index contributed by atoms with van der Waals surface area (Å²) < 4.78 is 0. The van der Waals surface area contributed by atoms with Crippen LogP contribution in [0.1, 0.15) is 90.5 Å².